The van der Waals surface area contributed by atoms with Crippen molar-refractivity contribution in [3.05, 3.63) is 58.7 Å². The van der Waals surface area contributed by atoms with Crippen LogP contribution in [-0.4, -0.2) is 38.4 Å². The lowest BCUT2D eigenvalue weighted by molar-refractivity contribution is -0.140. The van der Waals surface area contributed by atoms with Gasteiger partial charge in [0.2, 0.25) is 0 Å². The predicted molar refractivity (Wildman–Crippen MR) is 118 cm³/mol. The van der Waals surface area contributed by atoms with Crippen molar-refractivity contribution in [3.63, 3.8) is 0 Å². The molecule has 0 bridgehead atoms. The molecule has 0 atom stereocenters. The van der Waals surface area contributed by atoms with E-state index >= 15 is 0 Å². The summed E-state index contributed by atoms with van der Waals surface area (Å²) in [6, 6.07) is 11.5. The van der Waals surface area contributed by atoms with Gasteiger partial charge in [-0.05, 0) is 67.0 Å². The van der Waals surface area contributed by atoms with Gasteiger partial charge in [-0.1, -0.05) is 23.4 Å². The summed E-state index contributed by atoms with van der Waals surface area (Å²) < 4.78 is 10.6. The largest absolute Gasteiger partial charge is 0.493 e. The highest BCUT2D eigenvalue weighted by Gasteiger charge is 2.18. The third-order valence-electron chi connectivity index (χ3n) is 5.25. The number of oxime groups is 1. The average molecular weight is 424 g/mol. The average Bonchev–Trinajstić information content (AvgIpc) is 2.78. The maximum Gasteiger partial charge on any atom is 0.332 e. The lowest BCUT2D eigenvalue weighted by Gasteiger charge is -2.17. The van der Waals surface area contributed by atoms with Crippen LogP contribution in [0.5, 0.6) is 11.5 Å². The van der Waals surface area contributed by atoms with Gasteiger partial charge in [0.1, 0.15) is 0 Å². The number of hydrogen-bond acceptors (Lipinski definition) is 6. The van der Waals surface area contributed by atoms with Crippen molar-refractivity contribution in [2.45, 2.75) is 39.0 Å². The molecule has 0 saturated carbocycles. The molecule has 0 radical (unpaired) electrons. The van der Waals surface area contributed by atoms with Crippen LogP contribution in [0.2, 0.25) is 0 Å². The second-order valence-corrected chi connectivity index (χ2v) is 7.41. The Morgan fingerprint density at radius 1 is 0.968 bits per heavy atom. The molecule has 0 aromatic heterocycles. The topological polar surface area (TPSA) is 86.2 Å². The first kappa shape index (κ1) is 22.3. The van der Waals surface area contributed by atoms with E-state index in [1.807, 2.05) is 36.4 Å². The molecule has 0 spiro atoms. The van der Waals surface area contributed by atoms with Crippen molar-refractivity contribution in [2.75, 3.05) is 20.8 Å². The van der Waals surface area contributed by atoms with Crippen molar-refractivity contribution < 1.29 is 23.9 Å². The van der Waals surface area contributed by atoms with Crippen LogP contribution < -0.4 is 14.8 Å². The lowest BCUT2D eigenvalue weighted by atomic mass is 9.89. The number of carbonyl (C=O) groups is 2. The molecule has 2 aromatic rings. The highest BCUT2D eigenvalue weighted by Crippen LogP contribution is 2.27. The van der Waals surface area contributed by atoms with Crippen molar-refractivity contribution >= 4 is 17.6 Å². The third kappa shape index (κ3) is 5.84. The molecule has 164 valence electrons. The second kappa shape index (κ2) is 10.6. The normalized spacial score (nSPS) is 13.2. The van der Waals surface area contributed by atoms with Crippen LogP contribution in [0.15, 0.2) is 41.6 Å². The Labute approximate surface area is 182 Å². The molecule has 1 amide bonds. The Kier molecular flexibility index (Phi) is 7.65. The zero-order chi connectivity index (χ0) is 22.2. The standard InChI is InChI=1S/C24H28N2O5/c1-16(27)31-26-23(20-10-9-18-6-4-5-7-19(18)15-20)24(28)25-13-12-17-8-11-21(29-2)22(14-17)30-3/h8-11,14-15H,4-7,12-13H2,1-3H3,(H,25,28). The minimum absolute atomic E-state index is 0.0934. The van der Waals surface area contributed by atoms with Gasteiger partial charge in [0.05, 0.1) is 14.2 Å². The van der Waals surface area contributed by atoms with Gasteiger partial charge in [0, 0.05) is 19.0 Å². The summed E-state index contributed by atoms with van der Waals surface area (Å²) in [5, 5.41) is 6.70. The summed E-state index contributed by atoms with van der Waals surface area (Å²) in [5.41, 5.74) is 4.25. The fourth-order valence-electron chi connectivity index (χ4n) is 3.66. The number of fused-ring (bicyclic) bond motifs is 1. The summed E-state index contributed by atoms with van der Waals surface area (Å²) in [6.07, 6.45) is 4.92. The van der Waals surface area contributed by atoms with Gasteiger partial charge in [0.15, 0.2) is 17.2 Å². The zero-order valence-corrected chi connectivity index (χ0v) is 18.2. The van der Waals surface area contributed by atoms with Crippen LogP contribution >= 0.6 is 0 Å². The van der Waals surface area contributed by atoms with Gasteiger partial charge >= 0.3 is 5.97 Å². The third-order valence-corrected chi connectivity index (χ3v) is 5.25. The Morgan fingerprint density at radius 2 is 1.71 bits per heavy atom. The van der Waals surface area contributed by atoms with Crippen molar-refractivity contribution in [3.8, 4) is 11.5 Å². The number of aryl methyl sites for hydroxylation is 2. The van der Waals surface area contributed by atoms with E-state index in [1.54, 1.807) is 14.2 Å². The van der Waals surface area contributed by atoms with Gasteiger partial charge in [0.25, 0.3) is 5.91 Å². The molecule has 7 nitrogen and oxygen atoms in total. The van der Waals surface area contributed by atoms with E-state index in [2.05, 4.69) is 10.5 Å². The minimum Gasteiger partial charge on any atom is -0.493 e. The molecule has 1 aliphatic rings. The number of nitrogens with one attached hydrogen (secondary N) is 1. The summed E-state index contributed by atoms with van der Waals surface area (Å²) in [7, 11) is 3.17. The van der Waals surface area contributed by atoms with Gasteiger partial charge in [-0.25, -0.2) is 4.79 Å². The van der Waals surface area contributed by atoms with Gasteiger partial charge in [-0.15, -0.1) is 0 Å². The molecule has 0 fully saturated rings. The van der Waals surface area contributed by atoms with Crippen molar-refractivity contribution in [2.24, 2.45) is 5.16 Å². The first-order chi connectivity index (χ1) is 15.0. The summed E-state index contributed by atoms with van der Waals surface area (Å²) in [4.78, 5) is 28.9. The molecule has 3 rings (SSSR count). The van der Waals surface area contributed by atoms with Crippen molar-refractivity contribution in [1.82, 2.24) is 5.32 Å². The fraction of sp³-hybridized carbons (Fsp3) is 0.375. The lowest BCUT2D eigenvalue weighted by Crippen LogP contribution is -2.33. The van der Waals surface area contributed by atoms with Crippen LogP contribution in [0.3, 0.4) is 0 Å². The van der Waals surface area contributed by atoms with Crippen LogP contribution in [0, 0.1) is 0 Å². The number of hydrogen-bond donors (Lipinski definition) is 1. The molecule has 0 aliphatic heterocycles. The molecule has 0 unspecified atom stereocenters. The number of amides is 1. The first-order valence-electron chi connectivity index (χ1n) is 10.4. The van der Waals surface area contributed by atoms with E-state index in [4.69, 9.17) is 14.3 Å². The second-order valence-electron chi connectivity index (χ2n) is 7.41. The molecule has 1 N–H and O–H groups in total. The van der Waals surface area contributed by atoms with Gasteiger partial charge in [-0.2, -0.15) is 0 Å². The number of nitrogens with zero attached hydrogens (tertiary/aromatic N) is 1. The maximum atomic E-state index is 12.9. The molecule has 0 heterocycles. The molecule has 7 heteroatoms. The monoisotopic (exact) mass is 424 g/mol. The zero-order valence-electron chi connectivity index (χ0n) is 18.2. The molecular weight excluding hydrogens is 396 g/mol. The van der Waals surface area contributed by atoms with Crippen molar-refractivity contribution in [1.29, 1.82) is 0 Å². The maximum absolute atomic E-state index is 12.9. The van der Waals surface area contributed by atoms with E-state index < -0.39 is 11.9 Å². The molecule has 0 saturated heterocycles. The smallest absolute Gasteiger partial charge is 0.332 e. The van der Waals surface area contributed by atoms with E-state index in [0.29, 0.717) is 30.0 Å². The predicted octanol–water partition coefficient (Wildman–Crippen LogP) is 3.21. The van der Waals surface area contributed by atoms with E-state index in [0.717, 1.165) is 24.8 Å². The summed E-state index contributed by atoms with van der Waals surface area (Å²) >= 11 is 0. The Bertz CT molecular complexity index is 984. The highest BCUT2D eigenvalue weighted by atomic mass is 16.7. The molecule has 2 aromatic carbocycles. The number of carbonyl (C=O) groups excluding carboxylic acids is 2. The van der Waals surface area contributed by atoms with E-state index in [9.17, 15) is 9.59 Å². The molecular formula is C24H28N2O5. The van der Waals surface area contributed by atoms with Gasteiger partial charge < -0.3 is 19.6 Å². The Morgan fingerprint density at radius 3 is 2.42 bits per heavy atom. The Balaban J connectivity index is 1.71. The molecule has 1 aliphatic carbocycles. The van der Waals surface area contributed by atoms with Crippen LogP contribution in [0.25, 0.3) is 0 Å². The fourth-order valence-corrected chi connectivity index (χ4v) is 3.66. The van der Waals surface area contributed by atoms with Crippen LogP contribution in [0.1, 0.15) is 42.0 Å². The van der Waals surface area contributed by atoms with E-state index in [1.165, 1.54) is 24.5 Å². The number of ether oxygens (including phenoxy) is 2. The van der Waals surface area contributed by atoms with E-state index in [-0.39, 0.29) is 5.71 Å². The first-order valence-corrected chi connectivity index (χ1v) is 10.4. The van der Waals surface area contributed by atoms with Gasteiger partial charge in [-0.3, -0.25) is 4.79 Å². The highest BCUT2D eigenvalue weighted by molar-refractivity contribution is 6.45. The quantitative estimate of drug-likeness (QED) is 0.400. The number of rotatable bonds is 8. The number of methoxy groups -OCH3 is 2. The summed E-state index contributed by atoms with van der Waals surface area (Å²) in [5.74, 6) is 0.321. The SMILES string of the molecule is COc1ccc(CCNC(=O)C(=NOC(C)=O)c2ccc3c(c2)CCCC3)cc1OC. The van der Waals surface area contributed by atoms with Crippen LogP contribution in [0.4, 0.5) is 0 Å². The minimum atomic E-state index is -0.575. The Hall–Kier alpha value is -3.35. The van der Waals surface area contributed by atoms with Crippen LogP contribution in [-0.2, 0) is 33.7 Å². The number of benzene rings is 2. The summed E-state index contributed by atoms with van der Waals surface area (Å²) in [6.45, 7) is 1.64. The molecule has 31 heavy (non-hydrogen) atoms.